The predicted molar refractivity (Wildman–Crippen MR) is 124 cm³/mol. The molecule has 1 amide bonds. The largest absolute Gasteiger partial charge is 0.497 e. The summed E-state index contributed by atoms with van der Waals surface area (Å²) in [5, 5.41) is 4.80. The van der Waals surface area contributed by atoms with Crippen LogP contribution in [-0.4, -0.2) is 33.7 Å². The molecule has 2 aromatic carbocycles. The molecule has 32 heavy (non-hydrogen) atoms. The van der Waals surface area contributed by atoms with E-state index < -0.39 is 0 Å². The number of para-hydroxylation sites is 1. The van der Waals surface area contributed by atoms with Crippen LogP contribution in [0.3, 0.4) is 0 Å². The van der Waals surface area contributed by atoms with E-state index in [9.17, 15) is 4.79 Å². The second kappa shape index (κ2) is 9.47. The molecule has 6 heteroatoms. The fraction of sp³-hybridized carbons (Fsp3) is 0.385. The van der Waals surface area contributed by atoms with Gasteiger partial charge in [-0.05, 0) is 69.5 Å². The number of rotatable bonds is 9. The van der Waals surface area contributed by atoms with Crippen molar-refractivity contribution in [2.75, 3.05) is 7.11 Å². The summed E-state index contributed by atoms with van der Waals surface area (Å²) in [5.74, 6) is 2.49. The third kappa shape index (κ3) is 4.64. The summed E-state index contributed by atoms with van der Waals surface area (Å²) < 4.78 is 13.5. The van der Waals surface area contributed by atoms with Gasteiger partial charge in [0.25, 0.3) is 0 Å². The first-order chi connectivity index (χ1) is 15.5. The van der Waals surface area contributed by atoms with Crippen LogP contribution >= 0.6 is 0 Å². The third-order valence-electron chi connectivity index (χ3n) is 6.07. The minimum Gasteiger partial charge on any atom is -0.497 e. The summed E-state index contributed by atoms with van der Waals surface area (Å²) in [6.07, 6.45) is 2.88. The highest BCUT2D eigenvalue weighted by Crippen LogP contribution is 2.36. The van der Waals surface area contributed by atoms with Crippen LogP contribution in [0.2, 0.25) is 0 Å². The Kier molecular flexibility index (Phi) is 6.49. The summed E-state index contributed by atoms with van der Waals surface area (Å²) >= 11 is 0. The smallest absolute Gasteiger partial charge is 0.227 e. The lowest BCUT2D eigenvalue weighted by Gasteiger charge is -2.29. The molecule has 168 valence electrons. The van der Waals surface area contributed by atoms with Crippen LogP contribution in [-0.2, 0) is 11.3 Å². The van der Waals surface area contributed by atoms with Crippen LogP contribution in [0.25, 0.3) is 5.69 Å². The average Bonchev–Trinajstić information content (AvgIpc) is 3.63. The number of hydrogen-bond donors (Lipinski definition) is 0. The van der Waals surface area contributed by atoms with Crippen molar-refractivity contribution in [3.8, 4) is 23.1 Å². The maximum atomic E-state index is 13.1. The van der Waals surface area contributed by atoms with Gasteiger partial charge in [-0.25, -0.2) is 4.68 Å². The SMILES string of the molecule is CC[C@H](C)N(Cc1c(C)nn(-c2ccccc2)c1Oc1ccc(OC)cc1)C(=O)C1CC1. The van der Waals surface area contributed by atoms with Crippen LogP contribution in [0.4, 0.5) is 0 Å². The molecule has 1 heterocycles. The first kappa shape index (κ1) is 21.9. The Morgan fingerprint density at radius 2 is 1.78 bits per heavy atom. The van der Waals surface area contributed by atoms with E-state index in [0.717, 1.165) is 42.0 Å². The van der Waals surface area contributed by atoms with E-state index in [4.69, 9.17) is 14.6 Å². The zero-order chi connectivity index (χ0) is 22.7. The monoisotopic (exact) mass is 433 g/mol. The molecule has 0 bridgehead atoms. The number of ether oxygens (including phenoxy) is 2. The molecular formula is C26H31N3O3. The summed E-state index contributed by atoms with van der Waals surface area (Å²) in [6, 6.07) is 17.6. The van der Waals surface area contributed by atoms with E-state index in [1.54, 1.807) is 7.11 Å². The third-order valence-corrected chi connectivity index (χ3v) is 6.07. The molecule has 0 spiro atoms. The molecule has 0 saturated heterocycles. The van der Waals surface area contributed by atoms with Crippen molar-refractivity contribution < 1.29 is 14.3 Å². The number of methoxy groups -OCH3 is 1. The number of hydrogen-bond acceptors (Lipinski definition) is 4. The maximum Gasteiger partial charge on any atom is 0.227 e. The van der Waals surface area contributed by atoms with E-state index in [-0.39, 0.29) is 17.9 Å². The van der Waals surface area contributed by atoms with Gasteiger partial charge in [-0.1, -0.05) is 25.1 Å². The molecule has 0 radical (unpaired) electrons. The van der Waals surface area contributed by atoms with Gasteiger partial charge >= 0.3 is 0 Å². The molecule has 1 aliphatic carbocycles. The molecule has 1 aliphatic rings. The number of amides is 1. The lowest BCUT2D eigenvalue weighted by molar-refractivity contribution is -0.135. The van der Waals surface area contributed by atoms with Crippen LogP contribution in [0, 0.1) is 12.8 Å². The van der Waals surface area contributed by atoms with E-state index in [1.165, 1.54) is 0 Å². The highest BCUT2D eigenvalue weighted by atomic mass is 16.5. The highest BCUT2D eigenvalue weighted by molar-refractivity contribution is 5.81. The lowest BCUT2D eigenvalue weighted by atomic mass is 10.1. The molecule has 6 nitrogen and oxygen atoms in total. The number of nitrogens with zero attached hydrogens (tertiary/aromatic N) is 3. The molecule has 1 saturated carbocycles. The van der Waals surface area contributed by atoms with Crippen molar-refractivity contribution in [1.29, 1.82) is 0 Å². The normalized spacial score (nSPS) is 14.1. The van der Waals surface area contributed by atoms with Gasteiger partial charge in [0.1, 0.15) is 11.5 Å². The van der Waals surface area contributed by atoms with Gasteiger partial charge in [0.15, 0.2) is 0 Å². The van der Waals surface area contributed by atoms with Gasteiger partial charge in [0.05, 0.1) is 30.6 Å². The van der Waals surface area contributed by atoms with Gasteiger partial charge in [-0.2, -0.15) is 5.10 Å². The number of carbonyl (C=O) groups is 1. The number of carbonyl (C=O) groups excluding carboxylic acids is 1. The van der Waals surface area contributed by atoms with Crippen molar-refractivity contribution in [2.24, 2.45) is 5.92 Å². The van der Waals surface area contributed by atoms with Crippen LogP contribution in [0.1, 0.15) is 44.4 Å². The minimum atomic E-state index is 0.149. The molecule has 1 fully saturated rings. The highest BCUT2D eigenvalue weighted by Gasteiger charge is 2.36. The fourth-order valence-electron chi connectivity index (χ4n) is 3.73. The van der Waals surface area contributed by atoms with Gasteiger partial charge < -0.3 is 14.4 Å². The Morgan fingerprint density at radius 1 is 1.12 bits per heavy atom. The van der Waals surface area contributed by atoms with Gasteiger partial charge in [0, 0.05) is 12.0 Å². The van der Waals surface area contributed by atoms with Crippen LogP contribution in [0.5, 0.6) is 17.4 Å². The van der Waals surface area contributed by atoms with Crippen molar-refractivity contribution >= 4 is 5.91 Å². The van der Waals surface area contributed by atoms with Gasteiger partial charge in [-0.3, -0.25) is 4.79 Å². The second-order valence-electron chi connectivity index (χ2n) is 8.39. The molecule has 4 rings (SSSR count). The summed E-state index contributed by atoms with van der Waals surface area (Å²) in [7, 11) is 1.64. The quantitative estimate of drug-likeness (QED) is 0.446. The Morgan fingerprint density at radius 3 is 2.38 bits per heavy atom. The van der Waals surface area contributed by atoms with Crippen LogP contribution < -0.4 is 9.47 Å². The first-order valence-electron chi connectivity index (χ1n) is 11.3. The van der Waals surface area contributed by atoms with Gasteiger partial charge in [-0.15, -0.1) is 0 Å². The second-order valence-corrected chi connectivity index (χ2v) is 8.39. The molecule has 0 aliphatic heterocycles. The molecule has 0 unspecified atom stereocenters. The van der Waals surface area contributed by atoms with E-state index in [1.807, 2.05) is 71.1 Å². The van der Waals surface area contributed by atoms with Crippen molar-refractivity contribution in [1.82, 2.24) is 14.7 Å². The zero-order valence-electron chi connectivity index (χ0n) is 19.2. The molecule has 1 aromatic heterocycles. The van der Waals surface area contributed by atoms with E-state index in [2.05, 4.69) is 13.8 Å². The Bertz CT molecular complexity index is 1060. The minimum absolute atomic E-state index is 0.149. The zero-order valence-corrected chi connectivity index (χ0v) is 19.2. The molecule has 3 aromatic rings. The average molecular weight is 434 g/mol. The standard InChI is InChI=1S/C26H31N3O3/c1-5-18(2)28(25(30)20-11-12-20)17-24-19(3)27-29(21-9-7-6-8-10-21)26(24)32-23-15-13-22(31-4)14-16-23/h6-10,13-16,18,20H,5,11-12,17H2,1-4H3/t18-/m0/s1. The topological polar surface area (TPSA) is 56.6 Å². The van der Waals surface area contributed by atoms with E-state index >= 15 is 0 Å². The Hall–Kier alpha value is -3.28. The first-order valence-corrected chi connectivity index (χ1v) is 11.3. The maximum absolute atomic E-state index is 13.1. The van der Waals surface area contributed by atoms with Crippen molar-refractivity contribution in [2.45, 2.75) is 52.6 Å². The van der Waals surface area contributed by atoms with E-state index in [0.29, 0.717) is 18.2 Å². The number of benzene rings is 2. The molecule has 0 N–H and O–H groups in total. The fourth-order valence-corrected chi connectivity index (χ4v) is 3.73. The number of aromatic nitrogens is 2. The predicted octanol–water partition coefficient (Wildman–Crippen LogP) is 5.52. The van der Waals surface area contributed by atoms with Crippen molar-refractivity contribution in [3.05, 3.63) is 65.9 Å². The Labute approximate surface area is 189 Å². The van der Waals surface area contributed by atoms with Gasteiger partial charge in [0.2, 0.25) is 11.8 Å². The number of aryl methyl sites for hydroxylation is 1. The summed E-state index contributed by atoms with van der Waals surface area (Å²) in [4.78, 5) is 15.1. The summed E-state index contributed by atoms with van der Waals surface area (Å²) in [5.41, 5.74) is 2.70. The molecule has 1 atom stereocenters. The van der Waals surface area contributed by atoms with Crippen LogP contribution in [0.15, 0.2) is 54.6 Å². The lowest BCUT2D eigenvalue weighted by Crippen LogP contribution is -2.38. The Balaban J connectivity index is 1.74. The van der Waals surface area contributed by atoms with Crippen molar-refractivity contribution in [3.63, 3.8) is 0 Å². The summed E-state index contributed by atoms with van der Waals surface area (Å²) in [6.45, 7) is 6.69. The molecular weight excluding hydrogens is 402 g/mol.